The summed E-state index contributed by atoms with van der Waals surface area (Å²) in [5.74, 6) is 0.817. The molecule has 32 heavy (non-hydrogen) atoms. The molecule has 0 unspecified atom stereocenters. The number of aryl methyl sites for hydroxylation is 1. The van der Waals surface area contributed by atoms with Gasteiger partial charge in [-0.15, -0.1) is 0 Å². The molecule has 0 N–H and O–H groups in total. The van der Waals surface area contributed by atoms with E-state index in [-0.39, 0.29) is 11.5 Å². The molecule has 0 saturated carbocycles. The minimum absolute atomic E-state index is 0.0519. The highest BCUT2D eigenvalue weighted by molar-refractivity contribution is 5.75. The topological polar surface area (TPSA) is 72.2 Å². The Labute approximate surface area is 182 Å². The maximum absolute atomic E-state index is 13.0. The second kappa shape index (κ2) is 6.77. The van der Waals surface area contributed by atoms with Crippen molar-refractivity contribution in [3.05, 3.63) is 35.9 Å². The Morgan fingerprint density at radius 3 is 2.62 bits per heavy atom. The van der Waals surface area contributed by atoms with Crippen LogP contribution in [0.15, 0.2) is 24.5 Å². The van der Waals surface area contributed by atoms with Gasteiger partial charge in [-0.2, -0.15) is 18.3 Å². The van der Waals surface area contributed by atoms with Gasteiger partial charge in [-0.3, -0.25) is 4.98 Å². The molecule has 3 aliphatic rings. The minimum atomic E-state index is -4.43. The van der Waals surface area contributed by atoms with E-state index >= 15 is 0 Å². The fourth-order valence-corrected chi connectivity index (χ4v) is 4.92. The van der Waals surface area contributed by atoms with Crippen molar-refractivity contribution < 1.29 is 17.9 Å². The summed E-state index contributed by atoms with van der Waals surface area (Å²) in [5, 5.41) is 4.60. The first-order chi connectivity index (χ1) is 15.3. The number of rotatable bonds is 3. The average Bonchev–Trinajstić information content (AvgIpc) is 3.28. The van der Waals surface area contributed by atoms with Crippen molar-refractivity contribution in [3.63, 3.8) is 0 Å². The van der Waals surface area contributed by atoms with Crippen LogP contribution in [0.3, 0.4) is 0 Å². The summed E-state index contributed by atoms with van der Waals surface area (Å²) in [5.41, 5.74) is 2.21. The molecule has 1 spiro atoms. The van der Waals surface area contributed by atoms with Crippen LogP contribution in [0.1, 0.15) is 23.9 Å². The highest BCUT2D eigenvalue weighted by atomic mass is 19.4. The minimum Gasteiger partial charge on any atom is -0.377 e. The van der Waals surface area contributed by atoms with E-state index < -0.39 is 11.9 Å². The van der Waals surface area contributed by atoms with Crippen molar-refractivity contribution in [1.29, 1.82) is 0 Å². The molecule has 3 fully saturated rings. The number of anilines is 2. The number of aromatic nitrogens is 5. The van der Waals surface area contributed by atoms with Crippen LogP contribution in [0.4, 0.5) is 24.7 Å². The van der Waals surface area contributed by atoms with Gasteiger partial charge in [-0.1, -0.05) is 0 Å². The third-order valence-corrected chi connectivity index (χ3v) is 6.74. The second-order valence-corrected chi connectivity index (χ2v) is 9.05. The molecule has 0 radical (unpaired) electrons. The lowest BCUT2D eigenvalue weighted by atomic mass is 9.79. The molecule has 168 valence electrons. The number of alkyl halides is 3. The molecule has 0 aliphatic carbocycles. The van der Waals surface area contributed by atoms with Gasteiger partial charge < -0.3 is 14.5 Å². The van der Waals surface area contributed by atoms with Crippen molar-refractivity contribution in [2.75, 3.05) is 49.2 Å². The maximum Gasteiger partial charge on any atom is 0.433 e. The van der Waals surface area contributed by atoms with Gasteiger partial charge in [-0.25, -0.2) is 14.6 Å². The number of ether oxygens (including phenoxy) is 1. The van der Waals surface area contributed by atoms with E-state index in [9.17, 15) is 13.2 Å². The van der Waals surface area contributed by atoms with E-state index in [2.05, 4.69) is 20.0 Å². The molecule has 6 heterocycles. The van der Waals surface area contributed by atoms with Crippen molar-refractivity contribution in [2.24, 2.45) is 5.41 Å². The standard InChI is InChI=1S/C21H22F3N7O/c1-13-18-19(31(28-13)15-8-32-9-15)27-17(7-26-18)29-5-3-20(10-29)11-30(12-20)14-2-4-25-16(6-14)21(22,23)24/h2,4,6-7,15H,3,5,8-12H2,1H3. The van der Waals surface area contributed by atoms with Gasteiger partial charge >= 0.3 is 6.18 Å². The van der Waals surface area contributed by atoms with Crippen LogP contribution in [0.2, 0.25) is 0 Å². The number of nitrogens with zero attached hydrogens (tertiary/aromatic N) is 7. The van der Waals surface area contributed by atoms with E-state index in [1.807, 2.05) is 16.5 Å². The summed E-state index contributed by atoms with van der Waals surface area (Å²) >= 11 is 0. The SMILES string of the molecule is Cc1nn(C2COC2)c2nc(N3CCC4(CN(c5ccnc(C(F)(F)F)c5)C4)C3)cnc12. The molecular weight excluding hydrogens is 423 g/mol. The van der Waals surface area contributed by atoms with Crippen LogP contribution in [0.5, 0.6) is 0 Å². The molecule has 3 aromatic heterocycles. The number of hydrogen-bond donors (Lipinski definition) is 0. The first-order valence-electron chi connectivity index (χ1n) is 10.6. The lowest BCUT2D eigenvalue weighted by Gasteiger charge is -2.49. The largest absolute Gasteiger partial charge is 0.433 e. The van der Waals surface area contributed by atoms with Crippen molar-refractivity contribution in [2.45, 2.75) is 25.6 Å². The molecule has 11 heteroatoms. The fourth-order valence-electron chi connectivity index (χ4n) is 4.92. The smallest absolute Gasteiger partial charge is 0.377 e. The Balaban J connectivity index is 1.19. The van der Waals surface area contributed by atoms with Crippen molar-refractivity contribution in [3.8, 4) is 0 Å². The molecule has 0 atom stereocenters. The summed E-state index contributed by atoms with van der Waals surface area (Å²) in [6, 6.07) is 2.97. The number of halogens is 3. The zero-order chi connectivity index (χ0) is 22.1. The summed E-state index contributed by atoms with van der Waals surface area (Å²) in [6.07, 6.45) is -0.439. The summed E-state index contributed by atoms with van der Waals surface area (Å²) in [6.45, 7) is 6.29. The van der Waals surface area contributed by atoms with Crippen molar-refractivity contribution in [1.82, 2.24) is 24.7 Å². The first-order valence-corrected chi connectivity index (χ1v) is 10.6. The van der Waals surface area contributed by atoms with E-state index in [1.165, 1.54) is 6.20 Å². The average molecular weight is 445 g/mol. The molecule has 6 rings (SSSR count). The lowest BCUT2D eigenvalue weighted by molar-refractivity contribution is -0.141. The fraction of sp³-hybridized carbons (Fsp3) is 0.524. The quantitative estimate of drug-likeness (QED) is 0.614. The molecule has 3 aromatic rings. The van der Waals surface area contributed by atoms with Crippen LogP contribution < -0.4 is 9.80 Å². The Morgan fingerprint density at radius 2 is 1.91 bits per heavy atom. The molecule has 0 amide bonds. The Morgan fingerprint density at radius 1 is 1.12 bits per heavy atom. The van der Waals surface area contributed by atoms with Gasteiger partial charge in [-0.05, 0) is 25.5 Å². The molecule has 8 nitrogen and oxygen atoms in total. The van der Waals surface area contributed by atoms with Gasteiger partial charge in [0.1, 0.15) is 23.1 Å². The molecule has 3 aliphatic heterocycles. The Bertz CT molecular complexity index is 1180. The van der Waals surface area contributed by atoms with E-state index in [0.29, 0.717) is 18.9 Å². The lowest BCUT2D eigenvalue weighted by Crippen LogP contribution is -2.57. The predicted octanol–water partition coefficient (Wildman–Crippen LogP) is 2.84. The molecule has 3 saturated heterocycles. The molecule has 0 bridgehead atoms. The van der Waals surface area contributed by atoms with Gasteiger partial charge in [0.15, 0.2) is 5.65 Å². The number of hydrogen-bond acceptors (Lipinski definition) is 7. The van der Waals surface area contributed by atoms with Gasteiger partial charge in [0.25, 0.3) is 0 Å². The van der Waals surface area contributed by atoms with Crippen molar-refractivity contribution >= 4 is 22.7 Å². The molecule has 0 aromatic carbocycles. The van der Waals surface area contributed by atoms with Crippen LogP contribution in [0.25, 0.3) is 11.2 Å². The van der Waals surface area contributed by atoms with Crippen LogP contribution in [0, 0.1) is 12.3 Å². The van der Waals surface area contributed by atoms with Gasteiger partial charge in [0.2, 0.25) is 0 Å². The van der Waals surface area contributed by atoms with Crippen LogP contribution in [-0.2, 0) is 10.9 Å². The first kappa shape index (κ1) is 19.7. The van der Waals surface area contributed by atoms with E-state index in [0.717, 1.165) is 61.3 Å². The summed E-state index contributed by atoms with van der Waals surface area (Å²) < 4.78 is 46.2. The third kappa shape index (κ3) is 3.09. The highest BCUT2D eigenvalue weighted by Gasteiger charge is 2.48. The summed E-state index contributed by atoms with van der Waals surface area (Å²) in [4.78, 5) is 17.2. The van der Waals surface area contributed by atoms with E-state index in [1.54, 1.807) is 12.3 Å². The number of fused-ring (bicyclic) bond motifs is 1. The normalized spacial score (nSPS) is 20.8. The highest BCUT2D eigenvalue weighted by Crippen LogP contribution is 2.43. The molecular formula is C21H22F3N7O. The summed E-state index contributed by atoms with van der Waals surface area (Å²) in [7, 11) is 0. The van der Waals surface area contributed by atoms with Gasteiger partial charge in [0.05, 0.1) is 25.1 Å². The predicted molar refractivity (Wildman–Crippen MR) is 111 cm³/mol. The van der Waals surface area contributed by atoms with Crippen LogP contribution >= 0.6 is 0 Å². The second-order valence-electron chi connectivity index (χ2n) is 9.05. The number of pyridine rings is 1. The van der Waals surface area contributed by atoms with Gasteiger partial charge in [0, 0.05) is 43.5 Å². The van der Waals surface area contributed by atoms with Crippen LogP contribution in [-0.4, -0.2) is 64.1 Å². The Hall–Kier alpha value is -2.95. The zero-order valence-corrected chi connectivity index (χ0v) is 17.5. The maximum atomic E-state index is 13.0. The zero-order valence-electron chi connectivity index (χ0n) is 17.5. The third-order valence-electron chi connectivity index (χ3n) is 6.74. The monoisotopic (exact) mass is 445 g/mol. The Kier molecular flexibility index (Phi) is 4.17. The van der Waals surface area contributed by atoms with E-state index in [4.69, 9.17) is 9.72 Å².